The first-order valence-electron chi connectivity index (χ1n) is 16.1. The highest BCUT2D eigenvalue weighted by molar-refractivity contribution is 5.85. The van der Waals surface area contributed by atoms with Crippen LogP contribution in [0.4, 0.5) is 0 Å². The molecule has 0 radical (unpaired) electrons. The van der Waals surface area contributed by atoms with E-state index in [1.54, 1.807) is 11.1 Å². The van der Waals surface area contributed by atoms with Gasteiger partial charge in [-0.3, -0.25) is 14.6 Å². The smallest absolute Gasteiger partial charge is 0.240 e. The van der Waals surface area contributed by atoms with Crippen molar-refractivity contribution < 1.29 is 19.1 Å². The second-order valence-corrected chi connectivity index (χ2v) is 11.4. The van der Waals surface area contributed by atoms with Gasteiger partial charge in [-0.2, -0.15) is 0 Å². The Morgan fingerprint density at radius 3 is 2.02 bits per heavy atom. The summed E-state index contributed by atoms with van der Waals surface area (Å²) in [6.07, 6.45) is 16.2. The van der Waals surface area contributed by atoms with Crippen molar-refractivity contribution in [3.8, 4) is 0 Å². The molecule has 0 spiro atoms. The van der Waals surface area contributed by atoms with Crippen LogP contribution >= 0.6 is 24.8 Å². The first kappa shape index (κ1) is 42.1. The number of amides is 2. The third kappa shape index (κ3) is 18.6. The van der Waals surface area contributed by atoms with E-state index in [2.05, 4.69) is 11.9 Å². The van der Waals surface area contributed by atoms with E-state index in [-0.39, 0.29) is 74.9 Å². The van der Waals surface area contributed by atoms with Gasteiger partial charge in [0.2, 0.25) is 11.8 Å². The zero-order valence-corrected chi connectivity index (χ0v) is 28.5. The van der Waals surface area contributed by atoms with Crippen LogP contribution < -0.4 is 11.5 Å². The van der Waals surface area contributed by atoms with Gasteiger partial charge < -0.3 is 21.1 Å². The monoisotopic (exact) mass is 664 g/mol. The minimum absolute atomic E-state index is 0. The summed E-state index contributed by atoms with van der Waals surface area (Å²) < 4.78 is 5.63. The Morgan fingerprint density at radius 1 is 0.867 bits per heavy atom. The van der Waals surface area contributed by atoms with E-state index in [0.717, 1.165) is 24.8 Å². The van der Waals surface area contributed by atoms with Crippen LogP contribution in [0.1, 0.15) is 114 Å². The average molecular weight is 666 g/mol. The fourth-order valence-corrected chi connectivity index (χ4v) is 5.22. The van der Waals surface area contributed by atoms with Gasteiger partial charge in [-0.1, -0.05) is 114 Å². The third-order valence-corrected chi connectivity index (χ3v) is 7.73. The van der Waals surface area contributed by atoms with Gasteiger partial charge in [-0.05, 0) is 30.5 Å². The van der Waals surface area contributed by atoms with Crippen LogP contribution in [0.5, 0.6) is 0 Å². The summed E-state index contributed by atoms with van der Waals surface area (Å²) in [4.78, 5) is 43.4. The molecule has 0 saturated heterocycles. The lowest BCUT2D eigenvalue weighted by molar-refractivity contribution is -0.137. The van der Waals surface area contributed by atoms with Gasteiger partial charge in [0.1, 0.15) is 6.61 Å². The van der Waals surface area contributed by atoms with Crippen molar-refractivity contribution in [2.45, 2.75) is 128 Å². The van der Waals surface area contributed by atoms with Crippen LogP contribution in [0.25, 0.3) is 0 Å². The standard InChI is InChI=1S/C35H52N4O4.2ClH/c1-2-3-4-5-6-7-8-9-10-11-15-21-31(25-34(37)41)39(26-30-20-16-17-24-38-30)35(42)33(36)23-22-32(27-40)43-28-29-18-13-12-14-19-29;;/h12-14,16-20,24,31,33H,2-11,15,21-23,25-26,28,36H2,1H3,(H2,37,41);2*1H/t31-,33-;;/m0../s1. The number of carbonyl (C=O) groups is 2. The summed E-state index contributed by atoms with van der Waals surface area (Å²) in [5, 5.41) is 0. The van der Waals surface area contributed by atoms with Crippen LogP contribution in [0, 0.1) is 0 Å². The number of primary amides is 1. The van der Waals surface area contributed by atoms with E-state index in [9.17, 15) is 14.4 Å². The molecule has 1 aromatic heterocycles. The fraction of sp³-hybridized carbons (Fsp3) is 0.571. The molecule has 0 aliphatic heterocycles. The second-order valence-electron chi connectivity index (χ2n) is 11.4. The summed E-state index contributed by atoms with van der Waals surface area (Å²) in [6.45, 7) is 2.70. The highest BCUT2D eigenvalue weighted by Gasteiger charge is 2.29. The van der Waals surface area contributed by atoms with Crippen molar-refractivity contribution >= 4 is 42.6 Å². The first-order chi connectivity index (χ1) is 20.9. The number of hydrogen-bond donors (Lipinski definition) is 2. The molecule has 0 saturated carbocycles. The molecule has 45 heavy (non-hydrogen) atoms. The Balaban J connectivity index is 0.00000968. The highest BCUT2D eigenvalue weighted by atomic mass is 35.5. The molecule has 0 aliphatic rings. The Hall–Kier alpha value is -2.90. The highest BCUT2D eigenvalue weighted by Crippen LogP contribution is 2.20. The van der Waals surface area contributed by atoms with Crippen molar-refractivity contribution in [3.05, 3.63) is 71.7 Å². The Bertz CT molecular complexity index is 1100. The van der Waals surface area contributed by atoms with Crippen molar-refractivity contribution in [1.29, 1.82) is 0 Å². The number of nitrogens with two attached hydrogens (primary N) is 2. The maximum absolute atomic E-state index is 13.7. The number of allylic oxidation sites excluding steroid dienone is 1. The van der Waals surface area contributed by atoms with Gasteiger partial charge in [0, 0.05) is 25.1 Å². The summed E-state index contributed by atoms with van der Waals surface area (Å²) in [6, 6.07) is 13.8. The molecule has 2 rings (SSSR count). The summed E-state index contributed by atoms with van der Waals surface area (Å²) >= 11 is 0. The Labute approximate surface area is 282 Å². The minimum atomic E-state index is -0.889. The number of hydrogen-bond acceptors (Lipinski definition) is 6. The van der Waals surface area contributed by atoms with E-state index in [4.69, 9.17) is 16.2 Å². The molecule has 2 amide bonds. The Morgan fingerprint density at radius 2 is 1.47 bits per heavy atom. The molecular formula is C35H54Cl2N4O4. The lowest BCUT2D eigenvalue weighted by atomic mass is 9.99. The summed E-state index contributed by atoms with van der Waals surface area (Å²) in [7, 11) is 0. The summed E-state index contributed by atoms with van der Waals surface area (Å²) in [5.74, 6) is 1.21. The summed E-state index contributed by atoms with van der Waals surface area (Å²) in [5.41, 5.74) is 13.7. The molecule has 0 fully saturated rings. The maximum atomic E-state index is 13.7. The number of aromatic nitrogens is 1. The molecule has 0 aliphatic carbocycles. The zero-order chi connectivity index (χ0) is 31.1. The number of nitrogens with zero attached hydrogens (tertiary/aromatic N) is 2. The van der Waals surface area contributed by atoms with E-state index in [1.165, 1.54) is 51.4 Å². The molecule has 252 valence electrons. The van der Waals surface area contributed by atoms with Crippen LogP contribution in [-0.4, -0.2) is 39.7 Å². The van der Waals surface area contributed by atoms with Gasteiger partial charge in [0.05, 0.1) is 18.3 Å². The number of pyridine rings is 1. The molecule has 1 heterocycles. The largest absolute Gasteiger partial charge is 0.482 e. The van der Waals surface area contributed by atoms with Crippen LogP contribution in [0.2, 0.25) is 0 Å². The van der Waals surface area contributed by atoms with Gasteiger partial charge in [0.25, 0.3) is 0 Å². The van der Waals surface area contributed by atoms with E-state index in [1.807, 2.05) is 54.5 Å². The number of carbonyl (C=O) groups excluding carboxylic acids is 3. The molecule has 0 bridgehead atoms. The molecule has 10 heteroatoms. The molecule has 1 aromatic carbocycles. The van der Waals surface area contributed by atoms with Crippen molar-refractivity contribution in [2.24, 2.45) is 11.5 Å². The van der Waals surface area contributed by atoms with Gasteiger partial charge >= 0.3 is 0 Å². The van der Waals surface area contributed by atoms with Crippen molar-refractivity contribution in [1.82, 2.24) is 9.88 Å². The molecule has 0 unspecified atom stereocenters. The maximum Gasteiger partial charge on any atom is 0.240 e. The molecule has 2 aromatic rings. The third-order valence-electron chi connectivity index (χ3n) is 7.73. The number of rotatable bonds is 24. The van der Waals surface area contributed by atoms with Gasteiger partial charge in [0.15, 0.2) is 11.7 Å². The quantitative estimate of drug-likeness (QED) is 0.0691. The molecular weight excluding hydrogens is 611 g/mol. The fourth-order valence-electron chi connectivity index (χ4n) is 5.22. The van der Waals surface area contributed by atoms with Crippen molar-refractivity contribution in [2.75, 3.05) is 0 Å². The van der Waals surface area contributed by atoms with E-state index >= 15 is 0 Å². The van der Waals surface area contributed by atoms with Crippen molar-refractivity contribution in [3.63, 3.8) is 0 Å². The topological polar surface area (TPSA) is 129 Å². The first-order valence-corrected chi connectivity index (χ1v) is 16.1. The minimum Gasteiger partial charge on any atom is -0.482 e. The van der Waals surface area contributed by atoms with Crippen LogP contribution in [-0.2, 0) is 32.3 Å². The zero-order valence-electron chi connectivity index (χ0n) is 26.9. The van der Waals surface area contributed by atoms with E-state index < -0.39 is 11.9 Å². The molecule has 2 atom stereocenters. The number of unbranched alkanes of at least 4 members (excludes halogenated alkanes) is 10. The predicted molar refractivity (Wildman–Crippen MR) is 186 cm³/mol. The van der Waals surface area contributed by atoms with Crippen LogP contribution in [0.15, 0.2) is 60.5 Å². The molecule has 4 N–H and O–H groups in total. The lowest BCUT2D eigenvalue weighted by Crippen LogP contribution is -2.49. The van der Waals surface area contributed by atoms with E-state index in [0.29, 0.717) is 12.1 Å². The SMILES string of the molecule is CCCCCCCCCCCCC[C@@H](CC(N)=O)N(Cc1ccccn1)C(=O)[C@@H](N)CCC(=C=O)OCc1ccccc1.Cl.Cl. The average Bonchev–Trinajstić information content (AvgIpc) is 3.02. The predicted octanol–water partition coefficient (Wildman–Crippen LogP) is 7.24. The Kier molecular flexibility index (Phi) is 24.6. The molecule has 8 nitrogen and oxygen atoms in total. The van der Waals surface area contributed by atoms with Crippen LogP contribution in [0.3, 0.4) is 0 Å². The van der Waals surface area contributed by atoms with Gasteiger partial charge in [-0.25, -0.2) is 4.79 Å². The number of ether oxygens (including phenoxy) is 1. The number of halogens is 2. The number of benzene rings is 1. The normalized spacial score (nSPS) is 11.7. The lowest BCUT2D eigenvalue weighted by Gasteiger charge is -2.33. The van der Waals surface area contributed by atoms with Gasteiger partial charge in [-0.15, -0.1) is 24.8 Å². The second kappa shape index (κ2) is 26.3.